The number of carbonyl (C=O) groups excluding carboxylic acids is 1. The van der Waals surface area contributed by atoms with E-state index >= 15 is 0 Å². The van der Waals surface area contributed by atoms with Gasteiger partial charge in [-0.1, -0.05) is 0 Å². The molecule has 1 heterocycles. The van der Waals surface area contributed by atoms with Crippen molar-refractivity contribution in [3.8, 4) is 0 Å². The lowest BCUT2D eigenvalue weighted by atomic mass is 10.3. The second kappa shape index (κ2) is 4.28. The predicted molar refractivity (Wildman–Crippen MR) is 45.0 cm³/mol. The van der Waals surface area contributed by atoms with E-state index in [2.05, 4.69) is 9.72 Å². The summed E-state index contributed by atoms with van der Waals surface area (Å²) in [6.07, 6.45) is 6.40. The van der Waals surface area contributed by atoms with E-state index in [0.717, 1.165) is 5.56 Å². The van der Waals surface area contributed by atoms with Crippen molar-refractivity contribution in [1.82, 2.24) is 4.98 Å². The summed E-state index contributed by atoms with van der Waals surface area (Å²) in [5, 5.41) is 0. The number of aromatic nitrogens is 1. The van der Waals surface area contributed by atoms with Gasteiger partial charge in [0.2, 0.25) is 0 Å². The van der Waals surface area contributed by atoms with E-state index in [1.165, 1.54) is 13.2 Å². The van der Waals surface area contributed by atoms with Gasteiger partial charge in [-0.2, -0.15) is 0 Å². The molecule has 1 rings (SSSR count). The van der Waals surface area contributed by atoms with Gasteiger partial charge < -0.3 is 4.74 Å². The van der Waals surface area contributed by atoms with Crippen LogP contribution in [0.2, 0.25) is 0 Å². The topological polar surface area (TPSA) is 39.2 Å². The maximum Gasteiger partial charge on any atom is 0.307 e. The van der Waals surface area contributed by atoms with Crippen molar-refractivity contribution in [3.05, 3.63) is 36.4 Å². The van der Waals surface area contributed by atoms with Gasteiger partial charge in [0.1, 0.15) is 0 Å². The van der Waals surface area contributed by atoms with Crippen LogP contribution in [0.4, 0.5) is 0 Å². The van der Waals surface area contributed by atoms with Crippen LogP contribution in [0.1, 0.15) is 12.5 Å². The molecule has 1 aromatic heterocycles. The molecule has 12 heavy (non-hydrogen) atoms. The molecule has 0 aliphatic carbocycles. The molecule has 0 atom stereocenters. The van der Waals surface area contributed by atoms with Gasteiger partial charge in [0.25, 0.3) is 0 Å². The maximum absolute atomic E-state index is 10.3. The summed E-state index contributed by atoms with van der Waals surface area (Å²) >= 11 is 0. The fraction of sp³-hybridized carbons (Fsp3) is 0.111. The number of ether oxygens (including phenoxy) is 1. The van der Waals surface area contributed by atoms with Crippen LogP contribution < -0.4 is 0 Å². The van der Waals surface area contributed by atoms with Crippen LogP contribution in [0.5, 0.6) is 0 Å². The molecular formula is C9H9NO2. The van der Waals surface area contributed by atoms with Gasteiger partial charge in [-0.15, -0.1) is 0 Å². The van der Waals surface area contributed by atoms with E-state index in [4.69, 9.17) is 0 Å². The van der Waals surface area contributed by atoms with Gasteiger partial charge in [-0.3, -0.25) is 9.78 Å². The molecule has 0 aromatic carbocycles. The molecule has 0 saturated heterocycles. The van der Waals surface area contributed by atoms with E-state index in [1.807, 2.05) is 12.1 Å². The minimum absolute atomic E-state index is 0.319. The van der Waals surface area contributed by atoms with E-state index < -0.39 is 0 Å². The van der Waals surface area contributed by atoms with E-state index in [9.17, 15) is 4.79 Å². The highest BCUT2D eigenvalue weighted by atomic mass is 16.5. The SMILES string of the molecule is CC(=O)OC=Cc1ccncc1. The van der Waals surface area contributed by atoms with E-state index in [-0.39, 0.29) is 5.97 Å². The van der Waals surface area contributed by atoms with Crippen molar-refractivity contribution in [1.29, 1.82) is 0 Å². The Kier molecular flexibility index (Phi) is 3.02. The Morgan fingerprint density at radius 3 is 2.75 bits per heavy atom. The Morgan fingerprint density at radius 2 is 2.17 bits per heavy atom. The molecule has 3 heteroatoms. The molecule has 0 radical (unpaired) electrons. The largest absolute Gasteiger partial charge is 0.435 e. The smallest absolute Gasteiger partial charge is 0.307 e. The Labute approximate surface area is 70.7 Å². The van der Waals surface area contributed by atoms with Crippen LogP contribution in [0.25, 0.3) is 6.08 Å². The van der Waals surface area contributed by atoms with Crippen LogP contribution in [0, 0.1) is 0 Å². The minimum atomic E-state index is -0.319. The number of pyridine rings is 1. The third-order valence-electron chi connectivity index (χ3n) is 1.20. The van der Waals surface area contributed by atoms with Crippen LogP contribution >= 0.6 is 0 Å². The zero-order chi connectivity index (χ0) is 8.81. The highest BCUT2D eigenvalue weighted by Crippen LogP contribution is 1.98. The minimum Gasteiger partial charge on any atom is -0.435 e. The van der Waals surface area contributed by atoms with Crippen LogP contribution in [0.15, 0.2) is 30.8 Å². The number of nitrogens with zero attached hydrogens (tertiary/aromatic N) is 1. The summed E-state index contributed by atoms with van der Waals surface area (Å²) in [6.45, 7) is 1.36. The number of carbonyl (C=O) groups is 1. The van der Waals surface area contributed by atoms with Crippen molar-refractivity contribution < 1.29 is 9.53 Å². The quantitative estimate of drug-likeness (QED) is 0.491. The Balaban J connectivity index is 2.52. The maximum atomic E-state index is 10.3. The first kappa shape index (κ1) is 8.46. The van der Waals surface area contributed by atoms with Crippen molar-refractivity contribution in [3.63, 3.8) is 0 Å². The van der Waals surface area contributed by atoms with E-state index in [1.54, 1.807) is 18.5 Å². The molecule has 0 unspecified atom stereocenters. The lowest BCUT2D eigenvalue weighted by molar-refractivity contribution is -0.135. The van der Waals surface area contributed by atoms with Crippen molar-refractivity contribution in [2.45, 2.75) is 6.92 Å². The first-order chi connectivity index (χ1) is 5.79. The molecule has 0 aliphatic heterocycles. The average molecular weight is 163 g/mol. The molecule has 0 N–H and O–H groups in total. The highest BCUT2D eigenvalue weighted by Gasteiger charge is 1.86. The lowest BCUT2D eigenvalue weighted by Gasteiger charge is -1.91. The molecule has 0 aliphatic rings. The van der Waals surface area contributed by atoms with Gasteiger partial charge in [0.05, 0.1) is 6.26 Å². The second-order valence-electron chi connectivity index (χ2n) is 2.19. The predicted octanol–water partition coefficient (Wildman–Crippen LogP) is 1.62. The van der Waals surface area contributed by atoms with Gasteiger partial charge in [-0.05, 0) is 23.8 Å². The fourth-order valence-electron chi connectivity index (χ4n) is 0.683. The van der Waals surface area contributed by atoms with Crippen molar-refractivity contribution in [2.75, 3.05) is 0 Å². The summed E-state index contributed by atoms with van der Waals surface area (Å²) in [6, 6.07) is 3.64. The van der Waals surface area contributed by atoms with Gasteiger partial charge in [0.15, 0.2) is 0 Å². The monoisotopic (exact) mass is 163 g/mol. The summed E-state index contributed by atoms with van der Waals surface area (Å²) in [4.78, 5) is 14.2. The molecule has 62 valence electrons. The molecule has 0 bridgehead atoms. The Morgan fingerprint density at radius 1 is 1.50 bits per heavy atom. The van der Waals surface area contributed by atoms with Crippen LogP contribution in [-0.4, -0.2) is 11.0 Å². The number of hydrogen-bond acceptors (Lipinski definition) is 3. The van der Waals surface area contributed by atoms with Gasteiger partial charge in [-0.25, -0.2) is 0 Å². The summed E-state index contributed by atoms with van der Waals surface area (Å²) in [7, 11) is 0. The standard InChI is InChI=1S/C9H9NO2/c1-8(11)12-7-4-9-2-5-10-6-3-9/h2-7H,1H3. The van der Waals surface area contributed by atoms with E-state index in [0.29, 0.717) is 0 Å². The molecule has 1 aromatic rings. The number of esters is 1. The fourth-order valence-corrected chi connectivity index (χ4v) is 0.683. The van der Waals surface area contributed by atoms with Gasteiger partial charge >= 0.3 is 5.97 Å². The third kappa shape index (κ3) is 2.96. The summed E-state index contributed by atoms with van der Waals surface area (Å²) in [5.41, 5.74) is 0.950. The molecule has 3 nitrogen and oxygen atoms in total. The van der Waals surface area contributed by atoms with Crippen molar-refractivity contribution in [2.24, 2.45) is 0 Å². The third-order valence-corrected chi connectivity index (χ3v) is 1.20. The molecular weight excluding hydrogens is 154 g/mol. The first-order valence-electron chi connectivity index (χ1n) is 3.53. The zero-order valence-electron chi connectivity index (χ0n) is 6.73. The van der Waals surface area contributed by atoms with Crippen molar-refractivity contribution >= 4 is 12.0 Å². The Bertz CT molecular complexity index is 280. The van der Waals surface area contributed by atoms with Crippen LogP contribution in [0.3, 0.4) is 0 Å². The molecule has 0 spiro atoms. The molecule has 0 fully saturated rings. The normalized spacial score (nSPS) is 10.1. The molecule has 0 amide bonds. The molecule has 0 saturated carbocycles. The Hall–Kier alpha value is -1.64. The summed E-state index contributed by atoms with van der Waals surface area (Å²) < 4.78 is 4.61. The summed E-state index contributed by atoms with van der Waals surface area (Å²) in [5.74, 6) is -0.319. The highest BCUT2D eigenvalue weighted by molar-refractivity contribution is 5.67. The second-order valence-corrected chi connectivity index (χ2v) is 2.19. The van der Waals surface area contributed by atoms with Gasteiger partial charge in [0, 0.05) is 19.3 Å². The first-order valence-corrected chi connectivity index (χ1v) is 3.53. The number of rotatable bonds is 2. The average Bonchev–Trinajstić information content (AvgIpc) is 2.05. The number of hydrogen-bond donors (Lipinski definition) is 0. The lowest BCUT2D eigenvalue weighted by Crippen LogP contribution is -1.89. The van der Waals surface area contributed by atoms with Crippen LogP contribution in [-0.2, 0) is 9.53 Å². The zero-order valence-corrected chi connectivity index (χ0v) is 6.73.